The molecule has 0 aliphatic carbocycles. The van der Waals surface area contributed by atoms with Crippen LogP contribution in [0.2, 0.25) is 0 Å². The molecule has 0 saturated carbocycles. The Labute approximate surface area is 198 Å². The van der Waals surface area contributed by atoms with E-state index < -0.39 is 0 Å². The lowest BCUT2D eigenvalue weighted by Crippen LogP contribution is -2.37. The maximum absolute atomic E-state index is 4.77. The van der Waals surface area contributed by atoms with Gasteiger partial charge in [-0.05, 0) is 57.8 Å². The average Bonchev–Trinajstić information content (AvgIpc) is 2.97. The zero-order valence-electron chi connectivity index (χ0n) is 18.9. The number of aromatic nitrogens is 2. The van der Waals surface area contributed by atoms with Gasteiger partial charge in [-0.3, -0.25) is 9.58 Å². The second-order valence-electron chi connectivity index (χ2n) is 7.98. The van der Waals surface area contributed by atoms with Gasteiger partial charge in [-0.2, -0.15) is 5.10 Å². The highest BCUT2D eigenvalue weighted by atomic mass is 127. The molecule has 1 saturated heterocycles. The monoisotopic (exact) mass is 524 g/mol. The van der Waals surface area contributed by atoms with Crippen LogP contribution in [-0.2, 0) is 26.7 Å². The van der Waals surface area contributed by atoms with Crippen LogP contribution in [0.15, 0.2) is 29.3 Å². The maximum atomic E-state index is 4.77. The standard InChI is InChI=1S/C23H36N6.HI/c1-5-24-23(26-16-22-18(2)27-28(4)19(22)3)25-15-20-9-11-21(12-10-20)17-29-13-7-6-8-14-29;/h9-12H,5-8,13-17H2,1-4H3,(H2,24,25,26);1H. The van der Waals surface area contributed by atoms with Crippen LogP contribution in [0.4, 0.5) is 0 Å². The van der Waals surface area contributed by atoms with Gasteiger partial charge in [0, 0.05) is 37.9 Å². The first-order valence-corrected chi connectivity index (χ1v) is 10.9. The van der Waals surface area contributed by atoms with E-state index in [1.165, 1.54) is 54.7 Å². The van der Waals surface area contributed by atoms with Crippen molar-refractivity contribution in [2.24, 2.45) is 12.0 Å². The smallest absolute Gasteiger partial charge is 0.191 e. The van der Waals surface area contributed by atoms with Crippen LogP contribution in [0.25, 0.3) is 0 Å². The molecule has 1 aliphatic rings. The minimum absolute atomic E-state index is 0. The normalized spacial score (nSPS) is 15.0. The van der Waals surface area contributed by atoms with Crippen molar-refractivity contribution in [1.29, 1.82) is 0 Å². The Bertz CT molecular complexity index is 806. The summed E-state index contributed by atoms with van der Waals surface area (Å²) in [6.45, 7) is 12.0. The molecule has 0 bridgehead atoms. The SMILES string of the molecule is CCNC(=NCc1ccc(CN2CCCCC2)cc1)NCc1c(C)nn(C)c1C.I. The van der Waals surface area contributed by atoms with Crippen molar-refractivity contribution < 1.29 is 0 Å². The zero-order chi connectivity index (χ0) is 20.6. The van der Waals surface area contributed by atoms with Crippen molar-refractivity contribution in [3.8, 4) is 0 Å². The summed E-state index contributed by atoms with van der Waals surface area (Å²) in [6, 6.07) is 8.92. The van der Waals surface area contributed by atoms with Gasteiger partial charge in [-0.15, -0.1) is 24.0 Å². The molecule has 2 aromatic rings. The van der Waals surface area contributed by atoms with E-state index in [1.807, 2.05) is 11.7 Å². The number of piperidine rings is 1. The highest BCUT2D eigenvalue weighted by molar-refractivity contribution is 14.0. The van der Waals surface area contributed by atoms with Crippen LogP contribution in [0.1, 0.15) is 54.3 Å². The number of hydrogen-bond acceptors (Lipinski definition) is 3. The molecule has 7 heteroatoms. The van der Waals surface area contributed by atoms with Crippen molar-refractivity contribution in [2.45, 2.75) is 59.7 Å². The number of nitrogens with one attached hydrogen (secondary N) is 2. The summed E-state index contributed by atoms with van der Waals surface area (Å²) in [5.41, 5.74) is 6.12. The lowest BCUT2D eigenvalue weighted by Gasteiger charge is -2.26. The second kappa shape index (κ2) is 12.3. The number of guanidine groups is 1. The quantitative estimate of drug-likeness (QED) is 0.328. The number of benzene rings is 1. The zero-order valence-corrected chi connectivity index (χ0v) is 21.2. The minimum atomic E-state index is 0. The average molecular weight is 524 g/mol. The van der Waals surface area contributed by atoms with E-state index in [-0.39, 0.29) is 24.0 Å². The number of halogens is 1. The van der Waals surface area contributed by atoms with Crippen LogP contribution in [0.5, 0.6) is 0 Å². The van der Waals surface area contributed by atoms with Crippen LogP contribution in [0, 0.1) is 13.8 Å². The molecule has 1 aromatic carbocycles. The van der Waals surface area contributed by atoms with Gasteiger partial charge in [0.1, 0.15) is 0 Å². The van der Waals surface area contributed by atoms with E-state index >= 15 is 0 Å². The van der Waals surface area contributed by atoms with E-state index in [0.717, 1.165) is 31.3 Å². The molecule has 2 heterocycles. The Morgan fingerprint density at radius 1 is 1.03 bits per heavy atom. The third-order valence-corrected chi connectivity index (χ3v) is 5.73. The molecule has 0 atom stereocenters. The van der Waals surface area contributed by atoms with Crippen molar-refractivity contribution in [1.82, 2.24) is 25.3 Å². The fourth-order valence-electron chi connectivity index (χ4n) is 3.88. The molecule has 6 nitrogen and oxygen atoms in total. The van der Waals surface area contributed by atoms with Gasteiger partial charge < -0.3 is 10.6 Å². The molecule has 2 N–H and O–H groups in total. The maximum Gasteiger partial charge on any atom is 0.191 e. The van der Waals surface area contributed by atoms with Crippen molar-refractivity contribution in [3.63, 3.8) is 0 Å². The molecular weight excluding hydrogens is 487 g/mol. The van der Waals surface area contributed by atoms with Crippen LogP contribution in [-0.4, -0.2) is 40.3 Å². The van der Waals surface area contributed by atoms with Gasteiger partial charge in [0.25, 0.3) is 0 Å². The van der Waals surface area contributed by atoms with E-state index in [0.29, 0.717) is 6.54 Å². The van der Waals surface area contributed by atoms with E-state index in [2.05, 4.69) is 65.7 Å². The predicted molar refractivity (Wildman–Crippen MR) is 135 cm³/mol. The lowest BCUT2D eigenvalue weighted by atomic mass is 10.1. The molecule has 3 rings (SSSR count). The largest absolute Gasteiger partial charge is 0.357 e. The van der Waals surface area contributed by atoms with E-state index in [1.54, 1.807) is 0 Å². The van der Waals surface area contributed by atoms with Gasteiger partial charge >= 0.3 is 0 Å². The molecule has 1 aliphatic heterocycles. The Balaban J connectivity index is 0.00000320. The molecule has 0 spiro atoms. The number of nitrogens with zero attached hydrogens (tertiary/aromatic N) is 4. The minimum Gasteiger partial charge on any atom is -0.357 e. The molecule has 0 unspecified atom stereocenters. The van der Waals surface area contributed by atoms with Gasteiger partial charge in [0.05, 0.1) is 12.2 Å². The van der Waals surface area contributed by atoms with E-state index in [4.69, 9.17) is 4.99 Å². The number of hydrogen-bond donors (Lipinski definition) is 2. The molecule has 0 amide bonds. The highest BCUT2D eigenvalue weighted by Crippen LogP contribution is 2.14. The second-order valence-corrected chi connectivity index (χ2v) is 7.98. The summed E-state index contributed by atoms with van der Waals surface area (Å²) in [4.78, 5) is 7.33. The van der Waals surface area contributed by atoms with Crippen LogP contribution >= 0.6 is 24.0 Å². The summed E-state index contributed by atoms with van der Waals surface area (Å²) in [7, 11) is 1.99. The summed E-state index contributed by atoms with van der Waals surface area (Å²) in [5, 5.41) is 11.3. The Hall–Kier alpha value is -1.61. The van der Waals surface area contributed by atoms with Gasteiger partial charge in [-0.25, -0.2) is 4.99 Å². The lowest BCUT2D eigenvalue weighted by molar-refractivity contribution is 0.221. The number of aliphatic imine (C=N–C) groups is 1. The molecule has 166 valence electrons. The number of rotatable bonds is 7. The Morgan fingerprint density at radius 3 is 2.30 bits per heavy atom. The third-order valence-electron chi connectivity index (χ3n) is 5.73. The first kappa shape index (κ1) is 24.7. The third kappa shape index (κ3) is 6.97. The molecule has 1 aromatic heterocycles. The number of likely N-dealkylation sites (tertiary alicyclic amines) is 1. The molecular formula is C23H37IN6. The highest BCUT2D eigenvalue weighted by Gasteiger charge is 2.11. The van der Waals surface area contributed by atoms with Crippen LogP contribution in [0.3, 0.4) is 0 Å². The van der Waals surface area contributed by atoms with Gasteiger partial charge in [0.2, 0.25) is 0 Å². The summed E-state index contributed by atoms with van der Waals surface area (Å²) in [5.74, 6) is 0.840. The Kier molecular flexibility index (Phi) is 10.1. The fraction of sp³-hybridized carbons (Fsp3) is 0.565. The summed E-state index contributed by atoms with van der Waals surface area (Å²) in [6.07, 6.45) is 4.06. The molecule has 1 fully saturated rings. The topological polar surface area (TPSA) is 57.5 Å². The molecule has 30 heavy (non-hydrogen) atoms. The van der Waals surface area contributed by atoms with Crippen LogP contribution < -0.4 is 10.6 Å². The van der Waals surface area contributed by atoms with Gasteiger partial charge in [-0.1, -0.05) is 30.7 Å². The van der Waals surface area contributed by atoms with Crippen molar-refractivity contribution >= 4 is 29.9 Å². The number of aryl methyl sites for hydroxylation is 2. The predicted octanol–water partition coefficient (Wildman–Crippen LogP) is 3.90. The van der Waals surface area contributed by atoms with Crippen molar-refractivity contribution in [3.05, 3.63) is 52.3 Å². The summed E-state index contributed by atoms with van der Waals surface area (Å²) >= 11 is 0. The Morgan fingerprint density at radius 2 is 1.70 bits per heavy atom. The van der Waals surface area contributed by atoms with Crippen molar-refractivity contribution in [2.75, 3.05) is 19.6 Å². The fourth-order valence-corrected chi connectivity index (χ4v) is 3.88. The van der Waals surface area contributed by atoms with E-state index in [9.17, 15) is 0 Å². The molecule has 0 radical (unpaired) electrons. The first-order valence-electron chi connectivity index (χ1n) is 10.9. The van der Waals surface area contributed by atoms with Gasteiger partial charge in [0.15, 0.2) is 5.96 Å². The summed E-state index contributed by atoms with van der Waals surface area (Å²) < 4.78 is 1.93. The first-order chi connectivity index (χ1) is 14.1.